The van der Waals surface area contributed by atoms with Crippen LogP contribution in [0.15, 0.2) is 29.2 Å². The van der Waals surface area contributed by atoms with Crippen LogP contribution in [-0.2, 0) is 24.2 Å². The molecular weight excluding hydrogens is 349 g/mol. The van der Waals surface area contributed by atoms with E-state index in [2.05, 4.69) is 0 Å². The van der Waals surface area contributed by atoms with E-state index in [1.807, 2.05) is 0 Å². The number of benzene rings is 1. The van der Waals surface area contributed by atoms with Crippen molar-refractivity contribution in [2.24, 2.45) is 5.92 Å². The highest BCUT2D eigenvalue weighted by atomic mass is 32.2. The van der Waals surface area contributed by atoms with Gasteiger partial charge in [0.2, 0.25) is 5.91 Å². The third-order valence-electron chi connectivity index (χ3n) is 4.31. The van der Waals surface area contributed by atoms with Crippen LogP contribution in [0.4, 0.5) is 4.39 Å². The summed E-state index contributed by atoms with van der Waals surface area (Å²) in [5.41, 5.74) is 0. The molecule has 1 fully saturated rings. The van der Waals surface area contributed by atoms with Gasteiger partial charge < -0.3 is 9.64 Å². The lowest BCUT2D eigenvalue weighted by molar-refractivity contribution is -0.151. The van der Waals surface area contributed by atoms with Crippen molar-refractivity contribution in [3.8, 4) is 0 Å². The van der Waals surface area contributed by atoms with Gasteiger partial charge in [-0.15, -0.1) is 0 Å². The van der Waals surface area contributed by atoms with Crippen molar-refractivity contribution in [1.82, 2.24) is 4.90 Å². The molecular formula is C17H22FNO5S. The van der Waals surface area contributed by atoms with Gasteiger partial charge in [0.15, 0.2) is 9.84 Å². The van der Waals surface area contributed by atoms with Crippen LogP contribution in [0.5, 0.6) is 0 Å². The molecule has 1 saturated heterocycles. The van der Waals surface area contributed by atoms with E-state index in [-0.39, 0.29) is 24.0 Å². The zero-order valence-corrected chi connectivity index (χ0v) is 15.1. The highest BCUT2D eigenvalue weighted by Crippen LogP contribution is 2.22. The number of likely N-dealkylation sites (tertiary alicyclic amines) is 1. The number of rotatable bonds is 5. The first-order chi connectivity index (χ1) is 11.8. The fraction of sp³-hybridized carbons (Fsp3) is 0.529. The Morgan fingerprint density at radius 3 is 2.56 bits per heavy atom. The Morgan fingerprint density at radius 2 is 1.96 bits per heavy atom. The van der Waals surface area contributed by atoms with Crippen molar-refractivity contribution < 1.29 is 27.1 Å². The Morgan fingerprint density at radius 1 is 1.32 bits per heavy atom. The van der Waals surface area contributed by atoms with Gasteiger partial charge in [0.1, 0.15) is 11.1 Å². The fourth-order valence-electron chi connectivity index (χ4n) is 2.85. The van der Waals surface area contributed by atoms with Gasteiger partial charge in [0.05, 0.1) is 17.4 Å². The molecule has 0 unspecified atom stereocenters. The normalized spacial score (nSPS) is 19.3. The molecule has 0 N–H and O–H groups in total. The summed E-state index contributed by atoms with van der Waals surface area (Å²) in [4.78, 5) is 25.8. The summed E-state index contributed by atoms with van der Waals surface area (Å²) in [6.07, 6.45) is 1.22. The number of piperidine rings is 1. The summed E-state index contributed by atoms with van der Waals surface area (Å²) in [6.45, 7) is 3.84. The van der Waals surface area contributed by atoms with Gasteiger partial charge in [-0.1, -0.05) is 0 Å². The van der Waals surface area contributed by atoms with Crippen LogP contribution in [-0.4, -0.2) is 50.1 Å². The third kappa shape index (κ3) is 4.36. The van der Waals surface area contributed by atoms with E-state index in [0.717, 1.165) is 24.3 Å². The molecule has 0 aliphatic carbocycles. The second-order valence-electron chi connectivity index (χ2n) is 6.02. The van der Waals surface area contributed by atoms with E-state index in [1.165, 1.54) is 11.8 Å². The molecule has 0 radical (unpaired) electrons. The standard InChI is InChI=1S/C17H22FNO5S/c1-3-24-17(21)13-5-4-10-19(11-13)16(20)12(2)25(22,23)15-8-6-14(18)7-9-15/h6-9,12-13H,3-5,10-11H2,1-2H3/t12-,13+/m1/s1. The molecule has 1 aliphatic heterocycles. The minimum absolute atomic E-state index is 0.103. The molecule has 1 amide bonds. The fourth-order valence-corrected chi connectivity index (χ4v) is 4.19. The van der Waals surface area contributed by atoms with Crippen LogP contribution in [0.25, 0.3) is 0 Å². The Bertz CT molecular complexity index is 732. The topological polar surface area (TPSA) is 80.8 Å². The average Bonchev–Trinajstić information content (AvgIpc) is 2.61. The highest BCUT2D eigenvalue weighted by Gasteiger charge is 2.36. The second-order valence-corrected chi connectivity index (χ2v) is 8.29. The zero-order valence-electron chi connectivity index (χ0n) is 14.3. The largest absolute Gasteiger partial charge is 0.466 e. The van der Waals surface area contributed by atoms with Gasteiger partial charge in [0.25, 0.3) is 0 Å². The smallest absolute Gasteiger partial charge is 0.310 e. The summed E-state index contributed by atoms with van der Waals surface area (Å²) >= 11 is 0. The Kier molecular flexibility index (Phi) is 6.16. The Labute approximate surface area is 146 Å². The molecule has 1 aromatic carbocycles. The van der Waals surface area contributed by atoms with E-state index in [1.54, 1.807) is 6.92 Å². The molecule has 6 nitrogen and oxygen atoms in total. The number of hydrogen-bond acceptors (Lipinski definition) is 5. The molecule has 8 heteroatoms. The summed E-state index contributed by atoms with van der Waals surface area (Å²) in [7, 11) is -3.93. The number of amides is 1. The molecule has 25 heavy (non-hydrogen) atoms. The predicted octanol–water partition coefficient (Wildman–Crippen LogP) is 1.79. The van der Waals surface area contributed by atoms with Crippen molar-refractivity contribution in [3.05, 3.63) is 30.1 Å². The van der Waals surface area contributed by atoms with Crippen LogP contribution >= 0.6 is 0 Å². The number of carbonyl (C=O) groups is 2. The minimum atomic E-state index is -3.93. The van der Waals surface area contributed by atoms with Crippen molar-refractivity contribution in [1.29, 1.82) is 0 Å². The number of halogens is 1. The number of hydrogen-bond donors (Lipinski definition) is 0. The first-order valence-corrected chi connectivity index (χ1v) is 9.77. The maximum atomic E-state index is 13.0. The molecule has 1 aromatic rings. The van der Waals surface area contributed by atoms with Gasteiger partial charge in [-0.2, -0.15) is 0 Å². The Balaban J connectivity index is 2.13. The summed E-state index contributed by atoms with van der Waals surface area (Å²) in [6, 6.07) is 4.38. The van der Waals surface area contributed by atoms with Crippen LogP contribution in [0.3, 0.4) is 0 Å². The highest BCUT2D eigenvalue weighted by molar-refractivity contribution is 7.92. The first kappa shape index (κ1) is 19.4. The maximum absolute atomic E-state index is 13.0. The SMILES string of the molecule is CCOC(=O)[C@H]1CCCN(C(=O)[C@@H](C)S(=O)(=O)c2ccc(F)cc2)C1. The number of nitrogens with zero attached hydrogens (tertiary/aromatic N) is 1. The van der Waals surface area contributed by atoms with E-state index in [4.69, 9.17) is 4.74 Å². The molecule has 1 aliphatic rings. The number of ether oxygens (including phenoxy) is 1. The van der Waals surface area contributed by atoms with Crippen molar-refractivity contribution in [3.63, 3.8) is 0 Å². The zero-order chi connectivity index (χ0) is 18.6. The van der Waals surface area contributed by atoms with E-state index < -0.39 is 32.7 Å². The third-order valence-corrected chi connectivity index (χ3v) is 6.37. The van der Waals surface area contributed by atoms with Crippen LogP contribution < -0.4 is 0 Å². The predicted molar refractivity (Wildman–Crippen MR) is 89.0 cm³/mol. The van der Waals surface area contributed by atoms with Crippen molar-refractivity contribution in [2.75, 3.05) is 19.7 Å². The molecule has 1 heterocycles. The Hall–Kier alpha value is -1.96. The first-order valence-electron chi connectivity index (χ1n) is 8.22. The van der Waals surface area contributed by atoms with Crippen LogP contribution in [0.2, 0.25) is 0 Å². The monoisotopic (exact) mass is 371 g/mol. The van der Waals surface area contributed by atoms with Gasteiger partial charge in [-0.05, 0) is 51.0 Å². The molecule has 138 valence electrons. The number of sulfone groups is 1. The lowest BCUT2D eigenvalue weighted by Gasteiger charge is -2.33. The van der Waals surface area contributed by atoms with Gasteiger partial charge >= 0.3 is 5.97 Å². The van der Waals surface area contributed by atoms with Gasteiger partial charge in [0, 0.05) is 13.1 Å². The maximum Gasteiger partial charge on any atom is 0.310 e. The molecule has 0 saturated carbocycles. The summed E-state index contributed by atoms with van der Waals surface area (Å²) in [5.74, 6) is -1.91. The van der Waals surface area contributed by atoms with Crippen LogP contribution in [0.1, 0.15) is 26.7 Å². The lowest BCUT2D eigenvalue weighted by Crippen LogP contribution is -2.48. The molecule has 0 spiro atoms. The number of carbonyl (C=O) groups excluding carboxylic acids is 2. The lowest BCUT2D eigenvalue weighted by atomic mass is 9.98. The average molecular weight is 371 g/mol. The van der Waals surface area contributed by atoms with Gasteiger partial charge in [-0.25, -0.2) is 12.8 Å². The minimum Gasteiger partial charge on any atom is -0.466 e. The molecule has 2 rings (SSSR count). The molecule has 2 atom stereocenters. The van der Waals surface area contributed by atoms with E-state index in [0.29, 0.717) is 19.4 Å². The second kappa shape index (κ2) is 7.95. The number of esters is 1. The van der Waals surface area contributed by atoms with Crippen molar-refractivity contribution in [2.45, 2.75) is 36.8 Å². The summed E-state index contributed by atoms with van der Waals surface area (Å²) < 4.78 is 43.1. The molecule has 0 aromatic heterocycles. The van der Waals surface area contributed by atoms with E-state index in [9.17, 15) is 22.4 Å². The van der Waals surface area contributed by atoms with E-state index >= 15 is 0 Å². The van der Waals surface area contributed by atoms with Crippen LogP contribution in [0, 0.1) is 11.7 Å². The molecule has 0 bridgehead atoms. The van der Waals surface area contributed by atoms with Crippen molar-refractivity contribution >= 4 is 21.7 Å². The van der Waals surface area contributed by atoms with Gasteiger partial charge in [-0.3, -0.25) is 9.59 Å². The quantitative estimate of drug-likeness (QED) is 0.582. The summed E-state index contributed by atoms with van der Waals surface area (Å²) in [5, 5.41) is -1.31.